The van der Waals surface area contributed by atoms with Crippen molar-refractivity contribution in [2.75, 3.05) is 0 Å². The molecule has 1 aliphatic rings. The van der Waals surface area contributed by atoms with Crippen LogP contribution in [0.4, 0.5) is 0 Å². The Morgan fingerprint density at radius 3 is 2.21 bits per heavy atom. The normalized spacial score (nSPS) is 27.3. The molecular weight excluding hydrogens is 276 g/mol. The molecule has 5 heteroatoms. The van der Waals surface area contributed by atoms with Crippen LogP contribution in [-0.2, 0) is 14.3 Å². The maximum absolute atomic E-state index is 12.3. The van der Waals surface area contributed by atoms with Crippen LogP contribution in [0.2, 0.25) is 25.2 Å². The van der Waals surface area contributed by atoms with Gasteiger partial charge in [-0.3, -0.25) is 4.18 Å². The zero-order chi connectivity index (χ0) is 14.4. The maximum atomic E-state index is 12.3. The molecule has 1 saturated carbocycles. The van der Waals surface area contributed by atoms with Gasteiger partial charge in [-0.2, -0.15) is 8.42 Å². The van der Waals surface area contributed by atoms with Gasteiger partial charge in [-0.1, -0.05) is 44.8 Å². The van der Waals surface area contributed by atoms with E-state index in [1.807, 2.05) is 6.07 Å². The predicted octanol–water partition coefficient (Wildman–Crippen LogP) is 3.43. The monoisotopic (exact) mass is 298 g/mol. The zero-order valence-electron chi connectivity index (χ0n) is 12.2. The molecule has 2 rings (SSSR count). The lowest BCUT2D eigenvalue weighted by Crippen LogP contribution is -2.23. The van der Waals surface area contributed by atoms with Gasteiger partial charge in [-0.15, -0.1) is 0 Å². The fraction of sp³-hybridized carbons (Fsp3) is 0.571. The van der Waals surface area contributed by atoms with Crippen LogP contribution in [-0.4, -0.2) is 22.6 Å². The quantitative estimate of drug-likeness (QED) is 0.632. The molecule has 0 N–H and O–H groups in total. The second-order valence-electron chi connectivity index (χ2n) is 6.53. The predicted molar refractivity (Wildman–Crippen MR) is 79.5 cm³/mol. The van der Waals surface area contributed by atoms with Gasteiger partial charge in [0.1, 0.15) is 0 Å². The topological polar surface area (TPSA) is 43.4 Å². The smallest absolute Gasteiger partial charge is 0.263 e. The molecule has 19 heavy (non-hydrogen) atoms. The SMILES string of the molecule is Cc1ccccc1S(=O)(=O)OC1C(C)C1[Si](C)(C)C. The Balaban J connectivity index is 2.19. The highest BCUT2D eigenvalue weighted by atomic mass is 32.2. The van der Waals surface area contributed by atoms with E-state index in [1.165, 1.54) is 0 Å². The van der Waals surface area contributed by atoms with E-state index in [0.717, 1.165) is 5.56 Å². The van der Waals surface area contributed by atoms with Gasteiger partial charge >= 0.3 is 0 Å². The van der Waals surface area contributed by atoms with Gasteiger partial charge in [0, 0.05) is 0 Å². The summed E-state index contributed by atoms with van der Waals surface area (Å²) in [5, 5.41) is 0. The van der Waals surface area contributed by atoms with Crippen LogP contribution in [0.1, 0.15) is 12.5 Å². The molecule has 0 bridgehead atoms. The first-order valence-corrected chi connectivity index (χ1v) is 11.6. The molecule has 3 nitrogen and oxygen atoms in total. The van der Waals surface area contributed by atoms with Crippen molar-refractivity contribution < 1.29 is 12.6 Å². The molecule has 0 heterocycles. The van der Waals surface area contributed by atoms with Crippen molar-refractivity contribution in [3.63, 3.8) is 0 Å². The minimum Gasteiger partial charge on any atom is -0.263 e. The lowest BCUT2D eigenvalue weighted by atomic mass is 10.2. The fourth-order valence-electron chi connectivity index (χ4n) is 2.89. The van der Waals surface area contributed by atoms with Gasteiger partial charge in [-0.25, -0.2) is 0 Å². The Morgan fingerprint density at radius 1 is 1.16 bits per heavy atom. The molecule has 3 unspecified atom stereocenters. The number of hydrogen-bond acceptors (Lipinski definition) is 3. The van der Waals surface area contributed by atoms with E-state index in [9.17, 15) is 8.42 Å². The van der Waals surface area contributed by atoms with E-state index in [1.54, 1.807) is 25.1 Å². The standard InChI is InChI=1S/C14H22O3SSi/c1-10-8-6-7-9-12(10)18(15,16)17-13-11(2)14(13)19(3,4)5/h6-9,11,13-14H,1-5H3. The highest BCUT2D eigenvalue weighted by molar-refractivity contribution is 7.86. The van der Waals surface area contributed by atoms with Crippen molar-refractivity contribution in [3.8, 4) is 0 Å². The van der Waals surface area contributed by atoms with Crippen LogP contribution in [0, 0.1) is 12.8 Å². The molecule has 0 aromatic heterocycles. The van der Waals surface area contributed by atoms with Crippen LogP contribution < -0.4 is 0 Å². The van der Waals surface area contributed by atoms with Crippen molar-refractivity contribution in [1.82, 2.24) is 0 Å². The number of hydrogen-bond donors (Lipinski definition) is 0. The molecule has 1 aliphatic carbocycles. The third-order valence-corrected chi connectivity index (χ3v) is 8.23. The van der Waals surface area contributed by atoms with Crippen molar-refractivity contribution in [2.24, 2.45) is 5.92 Å². The Kier molecular flexibility index (Phi) is 3.66. The van der Waals surface area contributed by atoms with Gasteiger partial charge in [0.05, 0.1) is 19.1 Å². The summed E-state index contributed by atoms with van der Waals surface area (Å²) < 4.78 is 30.1. The minimum absolute atomic E-state index is 0.128. The summed E-state index contributed by atoms with van der Waals surface area (Å²) in [7, 11) is -4.98. The van der Waals surface area contributed by atoms with E-state index in [-0.39, 0.29) is 6.10 Å². The molecule has 1 aromatic carbocycles. The van der Waals surface area contributed by atoms with E-state index in [0.29, 0.717) is 16.4 Å². The van der Waals surface area contributed by atoms with Crippen LogP contribution in [0.25, 0.3) is 0 Å². The van der Waals surface area contributed by atoms with E-state index < -0.39 is 18.2 Å². The number of aryl methyl sites for hydroxylation is 1. The van der Waals surface area contributed by atoms with Crippen LogP contribution >= 0.6 is 0 Å². The molecule has 1 aromatic rings. The first-order valence-electron chi connectivity index (χ1n) is 6.63. The first kappa shape index (κ1) is 14.7. The largest absolute Gasteiger partial charge is 0.297 e. The Bertz CT molecular complexity index is 575. The summed E-state index contributed by atoms with van der Waals surface area (Å²) in [4.78, 5) is 0.295. The summed E-state index contributed by atoms with van der Waals surface area (Å²) in [5.41, 5.74) is 1.17. The van der Waals surface area contributed by atoms with Gasteiger partial charge in [0.25, 0.3) is 10.1 Å². The summed E-state index contributed by atoms with van der Waals surface area (Å²) >= 11 is 0. The maximum Gasteiger partial charge on any atom is 0.297 e. The number of benzene rings is 1. The van der Waals surface area contributed by atoms with Crippen molar-refractivity contribution in [1.29, 1.82) is 0 Å². The lowest BCUT2D eigenvalue weighted by Gasteiger charge is -2.15. The molecule has 0 amide bonds. The zero-order valence-corrected chi connectivity index (χ0v) is 14.0. The van der Waals surface area contributed by atoms with Crippen molar-refractivity contribution in [2.45, 2.75) is 50.0 Å². The fourth-order valence-corrected chi connectivity index (χ4v) is 7.40. The molecular formula is C14H22O3SSi. The third-order valence-electron chi connectivity index (χ3n) is 3.90. The molecule has 0 radical (unpaired) electrons. The van der Waals surface area contributed by atoms with E-state index in [2.05, 4.69) is 26.6 Å². The van der Waals surface area contributed by atoms with Crippen LogP contribution in [0.3, 0.4) is 0 Å². The van der Waals surface area contributed by atoms with E-state index in [4.69, 9.17) is 4.18 Å². The van der Waals surface area contributed by atoms with Crippen molar-refractivity contribution >= 4 is 18.2 Å². The molecule has 0 aliphatic heterocycles. The summed E-state index contributed by atoms with van der Waals surface area (Å²) in [5.74, 6) is 0.352. The summed E-state index contributed by atoms with van der Waals surface area (Å²) in [6.07, 6.45) is -0.128. The summed E-state index contributed by atoms with van der Waals surface area (Å²) in [6, 6.07) is 6.97. The van der Waals surface area contributed by atoms with Gasteiger partial charge in [-0.05, 0) is 30.0 Å². The Morgan fingerprint density at radius 2 is 1.74 bits per heavy atom. The molecule has 0 spiro atoms. The lowest BCUT2D eigenvalue weighted by molar-refractivity contribution is 0.291. The molecule has 0 saturated heterocycles. The summed E-state index contributed by atoms with van der Waals surface area (Å²) in [6.45, 7) is 10.7. The Labute approximate surface area is 117 Å². The highest BCUT2D eigenvalue weighted by Crippen LogP contribution is 2.54. The second-order valence-corrected chi connectivity index (χ2v) is 13.5. The average molecular weight is 298 g/mol. The Hall–Kier alpha value is -0.653. The van der Waals surface area contributed by atoms with Gasteiger partial charge in [0.2, 0.25) is 0 Å². The minimum atomic E-state index is -3.63. The second kappa shape index (κ2) is 4.72. The van der Waals surface area contributed by atoms with Crippen molar-refractivity contribution in [3.05, 3.63) is 29.8 Å². The van der Waals surface area contributed by atoms with Crippen LogP contribution in [0.5, 0.6) is 0 Å². The van der Waals surface area contributed by atoms with E-state index >= 15 is 0 Å². The molecule has 3 atom stereocenters. The first-order chi connectivity index (χ1) is 8.64. The molecule has 1 fully saturated rings. The highest BCUT2D eigenvalue weighted by Gasteiger charge is 2.56. The van der Waals surface area contributed by atoms with Crippen LogP contribution in [0.15, 0.2) is 29.2 Å². The number of rotatable bonds is 4. The third kappa shape index (κ3) is 2.93. The van der Waals surface area contributed by atoms with Gasteiger partial charge in [0.15, 0.2) is 0 Å². The average Bonchev–Trinajstić information content (AvgIpc) is 2.88. The van der Waals surface area contributed by atoms with Gasteiger partial charge < -0.3 is 0 Å². The molecule has 106 valence electrons.